The predicted molar refractivity (Wildman–Crippen MR) is 71.4 cm³/mol. The number of nitrogens with one attached hydrogen (secondary N) is 2. The molecule has 106 valence electrons. The van der Waals surface area contributed by atoms with E-state index < -0.39 is 11.7 Å². The van der Waals surface area contributed by atoms with Crippen LogP contribution in [0.15, 0.2) is 0 Å². The molecule has 0 bridgehead atoms. The summed E-state index contributed by atoms with van der Waals surface area (Å²) in [7, 11) is 0. The van der Waals surface area contributed by atoms with Crippen LogP contribution in [-0.4, -0.2) is 29.7 Å². The van der Waals surface area contributed by atoms with Gasteiger partial charge in [-0.2, -0.15) is 0 Å². The number of carbonyl (C=O) groups excluding carboxylic acids is 2. The number of hydrogen-bond acceptors (Lipinski definition) is 3. The van der Waals surface area contributed by atoms with Gasteiger partial charge in [-0.25, -0.2) is 4.79 Å². The Balaban J connectivity index is 3.69. The van der Waals surface area contributed by atoms with Crippen LogP contribution in [0.5, 0.6) is 0 Å². The van der Waals surface area contributed by atoms with Crippen molar-refractivity contribution in [2.45, 2.75) is 65.5 Å². The van der Waals surface area contributed by atoms with E-state index in [1.807, 2.05) is 41.5 Å². The standard InChI is InChI=1S/C13H26N2O3/c1-12(2,3)15-10(16)8-7-9-14-11(17)18-13(4,5)6/h7-9H2,1-6H3,(H,14,17)(H,15,16). The highest BCUT2D eigenvalue weighted by Gasteiger charge is 2.16. The van der Waals surface area contributed by atoms with E-state index in [1.165, 1.54) is 0 Å². The van der Waals surface area contributed by atoms with Crippen LogP contribution in [0.1, 0.15) is 54.4 Å². The molecule has 0 fully saturated rings. The number of ether oxygens (including phenoxy) is 1. The molecule has 0 heterocycles. The first-order chi connectivity index (χ1) is 7.99. The fraction of sp³-hybridized carbons (Fsp3) is 0.846. The average Bonchev–Trinajstić information content (AvgIpc) is 2.06. The highest BCUT2D eigenvalue weighted by Crippen LogP contribution is 2.06. The second-order valence-corrected chi connectivity index (χ2v) is 6.33. The zero-order valence-corrected chi connectivity index (χ0v) is 12.3. The third kappa shape index (κ3) is 11.2. The Labute approximate surface area is 110 Å². The van der Waals surface area contributed by atoms with Crippen LogP contribution in [-0.2, 0) is 9.53 Å². The highest BCUT2D eigenvalue weighted by molar-refractivity contribution is 5.76. The Morgan fingerprint density at radius 2 is 1.61 bits per heavy atom. The number of carbonyl (C=O) groups is 2. The Morgan fingerprint density at radius 3 is 2.06 bits per heavy atom. The summed E-state index contributed by atoms with van der Waals surface area (Å²) in [4.78, 5) is 22.8. The lowest BCUT2D eigenvalue weighted by atomic mass is 10.1. The van der Waals surface area contributed by atoms with Crippen LogP contribution >= 0.6 is 0 Å². The van der Waals surface area contributed by atoms with Gasteiger partial charge in [0.25, 0.3) is 0 Å². The maximum atomic E-state index is 11.5. The SMILES string of the molecule is CC(C)(C)NC(=O)CCCNC(=O)OC(C)(C)C. The number of rotatable bonds is 4. The summed E-state index contributed by atoms with van der Waals surface area (Å²) < 4.78 is 5.07. The number of alkyl carbamates (subject to hydrolysis) is 1. The van der Waals surface area contributed by atoms with Gasteiger partial charge in [-0.05, 0) is 48.0 Å². The van der Waals surface area contributed by atoms with Crippen LogP contribution < -0.4 is 10.6 Å². The summed E-state index contributed by atoms with van der Waals surface area (Å²) in [6, 6.07) is 0. The summed E-state index contributed by atoms with van der Waals surface area (Å²) in [6.07, 6.45) is 0.549. The maximum Gasteiger partial charge on any atom is 0.407 e. The molecule has 0 unspecified atom stereocenters. The van der Waals surface area contributed by atoms with Crippen molar-refractivity contribution >= 4 is 12.0 Å². The van der Waals surface area contributed by atoms with Gasteiger partial charge in [-0.15, -0.1) is 0 Å². The largest absolute Gasteiger partial charge is 0.444 e. The van der Waals surface area contributed by atoms with Crippen molar-refractivity contribution in [1.82, 2.24) is 10.6 Å². The van der Waals surface area contributed by atoms with Crippen LogP contribution in [0.4, 0.5) is 4.79 Å². The van der Waals surface area contributed by atoms with E-state index in [0.29, 0.717) is 19.4 Å². The Bertz CT molecular complexity index is 258. The van der Waals surface area contributed by atoms with E-state index >= 15 is 0 Å². The van der Waals surface area contributed by atoms with Crippen LogP contribution in [0.3, 0.4) is 0 Å². The van der Waals surface area contributed by atoms with Crippen molar-refractivity contribution in [3.8, 4) is 0 Å². The van der Waals surface area contributed by atoms with E-state index in [2.05, 4.69) is 10.6 Å². The molecule has 0 aromatic heterocycles. The van der Waals surface area contributed by atoms with Crippen molar-refractivity contribution in [3.05, 3.63) is 0 Å². The van der Waals surface area contributed by atoms with Crippen molar-refractivity contribution in [1.29, 1.82) is 0 Å². The minimum atomic E-state index is -0.492. The van der Waals surface area contributed by atoms with Gasteiger partial charge in [-0.1, -0.05) is 0 Å². The smallest absolute Gasteiger partial charge is 0.407 e. The third-order valence-electron chi connectivity index (χ3n) is 1.76. The molecule has 5 heteroatoms. The van der Waals surface area contributed by atoms with Gasteiger partial charge < -0.3 is 15.4 Å². The van der Waals surface area contributed by atoms with Crippen molar-refractivity contribution < 1.29 is 14.3 Å². The fourth-order valence-corrected chi connectivity index (χ4v) is 1.23. The van der Waals surface area contributed by atoms with Gasteiger partial charge in [0.2, 0.25) is 5.91 Å². The summed E-state index contributed by atoms with van der Waals surface area (Å²) in [6.45, 7) is 11.7. The normalized spacial score (nSPS) is 11.9. The van der Waals surface area contributed by atoms with Crippen molar-refractivity contribution in [3.63, 3.8) is 0 Å². The molecule has 2 amide bonds. The first-order valence-electron chi connectivity index (χ1n) is 6.27. The molecule has 0 atom stereocenters. The van der Waals surface area contributed by atoms with Crippen LogP contribution in [0, 0.1) is 0 Å². The molecule has 0 saturated heterocycles. The minimum absolute atomic E-state index is 0.00603. The summed E-state index contributed by atoms with van der Waals surface area (Å²) >= 11 is 0. The Hall–Kier alpha value is -1.26. The molecular formula is C13H26N2O3. The van der Waals surface area contributed by atoms with E-state index in [1.54, 1.807) is 0 Å². The quantitative estimate of drug-likeness (QED) is 0.760. The van der Waals surface area contributed by atoms with E-state index in [-0.39, 0.29) is 11.4 Å². The molecule has 0 spiro atoms. The lowest BCUT2D eigenvalue weighted by Gasteiger charge is -2.21. The molecule has 0 aromatic carbocycles. The lowest BCUT2D eigenvalue weighted by molar-refractivity contribution is -0.122. The lowest BCUT2D eigenvalue weighted by Crippen LogP contribution is -2.40. The molecule has 5 nitrogen and oxygen atoms in total. The predicted octanol–water partition coefficient (Wildman–Crippen LogP) is 2.21. The molecular weight excluding hydrogens is 232 g/mol. The van der Waals surface area contributed by atoms with Gasteiger partial charge in [0, 0.05) is 18.5 Å². The van der Waals surface area contributed by atoms with Gasteiger partial charge in [0.05, 0.1) is 0 Å². The molecule has 0 aliphatic carbocycles. The van der Waals surface area contributed by atoms with Gasteiger partial charge in [0.1, 0.15) is 5.60 Å². The first-order valence-corrected chi connectivity index (χ1v) is 6.27. The monoisotopic (exact) mass is 258 g/mol. The summed E-state index contributed by atoms with van der Waals surface area (Å²) in [5, 5.41) is 5.48. The maximum absolute atomic E-state index is 11.5. The molecule has 0 rings (SSSR count). The van der Waals surface area contributed by atoms with Crippen LogP contribution in [0.2, 0.25) is 0 Å². The van der Waals surface area contributed by atoms with E-state index in [0.717, 1.165) is 0 Å². The Morgan fingerprint density at radius 1 is 1.06 bits per heavy atom. The Kier molecular flexibility index (Phi) is 6.15. The van der Waals surface area contributed by atoms with Gasteiger partial charge in [0.15, 0.2) is 0 Å². The third-order valence-corrected chi connectivity index (χ3v) is 1.76. The molecule has 0 saturated carbocycles. The highest BCUT2D eigenvalue weighted by atomic mass is 16.6. The topological polar surface area (TPSA) is 67.4 Å². The fourth-order valence-electron chi connectivity index (χ4n) is 1.23. The zero-order chi connectivity index (χ0) is 14.4. The molecule has 0 aromatic rings. The summed E-state index contributed by atoms with van der Waals surface area (Å²) in [5.74, 6) is -0.00603. The van der Waals surface area contributed by atoms with E-state index in [4.69, 9.17) is 4.74 Å². The second kappa shape index (κ2) is 6.61. The molecule has 2 N–H and O–H groups in total. The number of hydrogen-bond donors (Lipinski definition) is 2. The molecule has 18 heavy (non-hydrogen) atoms. The molecule has 0 aliphatic heterocycles. The van der Waals surface area contributed by atoms with Crippen molar-refractivity contribution in [2.75, 3.05) is 6.54 Å². The number of amides is 2. The van der Waals surface area contributed by atoms with Gasteiger partial charge in [-0.3, -0.25) is 4.79 Å². The molecule has 0 aliphatic rings. The second-order valence-electron chi connectivity index (χ2n) is 6.33. The minimum Gasteiger partial charge on any atom is -0.444 e. The van der Waals surface area contributed by atoms with Crippen LogP contribution in [0.25, 0.3) is 0 Å². The average molecular weight is 258 g/mol. The zero-order valence-electron chi connectivity index (χ0n) is 12.3. The van der Waals surface area contributed by atoms with E-state index in [9.17, 15) is 9.59 Å². The first kappa shape index (κ1) is 16.7. The van der Waals surface area contributed by atoms with Crippen molar-refractivity contribution in [2.24, 2.45) is 0 Å². The summed E-state index contributed by atoms with van der Waals surface area (Å²) in [5.41, 5.74) is -0.705. The van der Waals surface area contributed by atoms with Gasteiger partial charge >= 0.3 is 6.09 Å². The molecule has 0 radical (unpaired) electrons.